The van der Waals surface area contributed by atoms with Gasteiger partial charge >= 0.3 is 0 Å². The molecule has 0 aliphatic heterocycles. The number of nitro groups is 1. The first-order chi connectivity index (χ1) is 16.9. The van der Waals surface area contributed by atoms with Crippen molar-refractivity contribution in [2.45, 2.75) is 6.54 Å². The summed E-state index contributed by atoms with van der Waals surface area (Å²) >= 11 is 6.18. The first-order valence-corrected chi connectivity index (χ1v) is 10.8. The molecule has 0 bridgehead atoms. The van der Waals surface area contributed by atoms with E-state index in [0.29, 0.717) is 35.5 Å². The van der Waals surface area contributed by atoms with Crippen LogP contribution in [0.4, 0.5) is 23.5 Å². The van der Waals surface area contributed by atoms with Crippen LogP contribution in [-0.2, 0) is 6.54 Å². The van der Waals surface area contributed by atoms with Crippen LogP contribution in [0.5, 0.6) is 0 Å². The molecule has 0 fully saturated rings. The van der Waals surface area contributed by atoms with Gasteiger partial charge in [0.1, 0.15) is 11.5 Å². The van der Waals surface area contributed by atoms with Crippen molar-refractivity contribution in [1.82, 2.24) is 15.0 Å². The van der Waals surface area contributed by atoms with Gasteiger partial charge in [0, 0.05) is 38.3 Å². The number of hydrazone groups is 1. The SMILES string of the molecule is CN(C)c1nc(NCc2ccccc2)nc(N/N=C\c2ccc(-c3ccc([N+](=O)[O-])cc3Cl)o2)n1. The van der Waals surface area contributed by atoms with Gasteiger partial charge in [-0.2, -0.15) is 20.1 Å². The van der Waals surface area contributed by atoms with Crippen LogP contribution in [-0.4, -0.2) is 40.2 Å². The summed E-state index contributed by atoms with van der Waals surface area (Å²) in [6.07, 6.45) is 1.46. The highest BCUT2D eigenvalue weighted by molar-refractivity contribution is 6.33. The van der Waals surface area contributed by atoms with Gasteiger partial charge in [0.2, 0.25) is 17.8 Å². The van der Waals surface area contributed by atoms with E-state index in [2.05, 4.69) is 30.8 Å². The van der Waals surface area contributed by atoms with Crippen molar-refractivity contribution in [3.8, 4) is 11.3 Å². The molecule has 2 aromatic heterocycles. The molecule has 35 heavy (non-hydrogen) atoms. The van der Waals surface area contributed by atoms with E-state index >= 15 is 0 Å². The lowest BCUT2D eigenvalue weighted by molar-refractivity contribution is -0.384. The monoisotopic (exact) mass is 492 g/mol. The topological polar surface area (TPSA) is 135 Å². The lowest BCUT2D eigenvalue weighted by Crippen LogP contribution is -2.16. The Balaban J connectivity index is 1.46. The molecule has 4 rings (SSSR count). The molecule has 0 radical (unpaired) electrons. The van der Waals surface area contributed by atoms with Crippen LogP contribution in [0.1, 0.15) is 11.3 Å². The lowest BCUT2D eigenvalue weighted by Gasteiger charge is -2.13. The van der Waals surface area contributed by atoms with Crippen LogP contribution in [0.15, 0.2) is 70.2 Å². The van der Waals surface area contributed by atoms with Gasteiger partial charge in [0.25, 0.3) is 5.69 Å². The maximum absolute atomic E-state index is 10.9. The number of aromatic nitrogens is 3. The molecule has 12 heteroatoms. The minimum Gasteiger partial charge on any atom is -0.455 e. The Labute approximate surface area is 205 Å². The van der Waals surface area contributed by atoms with E-state index in [1.54, 1.807) is 17.0 Å². The first kappa shape index (κ1) is 23.6. The summed E-state index contributed by atoms with van der Waals surface area (Å²) in [5, 5.41) is 18.5. The Morgan fingerprint density at radius 1 is 1.09 bits per heavy atom. The summed E-state index contributed by atoms with van der Waals surface area (Å²) in [5.41, 5.74) is 4.32. The maximum atomic E-state index is 10.9. The van der Waals surface area contributed by atoms with E-state index in [9.17, 15) is 10.1 Å². The van der Waals surface area contributed by atoms with Gasteiger partial charge in [-0.05, 0) is 23.8 Å². The maximum Gasteiger partial charge on any atom is 0.270 e. The minimum atomic E-state index is -0.507. The van der Waals surface area contributed by atoms with Gasteiger partial charge in [-0.15, -0.1) is 0 Å². The van der Waals surface area contributed by atoms with Gasteiger partial charge in [0.05, 0.1) is 16.2 Å². The van der Waals surface area contributed by atoms with Crippen LogP contribution in [0, 0.1) is 10.1 Å². The van der Waals surface area contributed by atoms with Crippen molar-refractivity contribution in [2.24, 2.45) is 5.10 Å². The zero-order valence-corrected chi connectivity index (χ0v) is 19.6. The molecule has 178 valence electrons. The van der Waals surface area contributed by atoms with Crippen molar-refractivity contribution < 1.29 is 9.34 Å². The van der Waals surface area contributed by atoms with Gasteiger partial charge in [-0.25, -0.2) is 5.43 Å². The van der Waals surface area contributed by atoms with Gasteiger partial charge < -0.3 is 14.6 Å². The number of non-ortho nitro benzene ring substituents is 1. The number of hydrogen-bond acceptors (Lipinski definition) is 10. The molecule has 0 amide bonds. The van der Waals surface area contributed by atoms with Crippen LogP contribution >= 0.6 is 11.6 Å². The van der Waals surface area contributed by atoms with Crippen LogP contribution in [0.3, 0.4) is 0 Å². The molecule has 0 saturated carbocycles. The van der Waals surface area contributed by atoms with E-state index in [-0.39, 0.29) is 16.7 Å². The number of halogens is 1. The average Bonchev–Trinajstić information content (AvgIpc) is 3.31. The second-order valence-electron chi connectivity index (χ2n) is 7.51. The molecule has 2 N–H and O–H groups in total. The molecule has 11 nitrogen and oxygen atoms in total. The van der Waals surface area contributed by atoms with Crippen LogP contribution < -0.4 is 15.6 Å². The van der Waals surface area contributed by atoms with E-state index < -0.39 is 4.92 Å². The van der Waals surface area contributed by atoms with Crippen molar-refractivity contribution >= 4 is 41.3 Å². The highest BCUT2D eigenvalue weighted by Crippen LogP contribution is 2.32. The Bertz CT molecular complexity index is 1360. The van der Waals surface area contributed by atoms with Crippen molar-refractivity contribution in [3.05, 3.63) is 87.1 Å². The van der Waals surface area contributed by atoms with E-state index in [1.807, 2.05) is 44.4 Å². The quantitative estimate of drug-likeness (QED) is 0.191. The smallest absolute Gasteiger partial charge is 0.270 e. The molecular weight excluding hydrogens is 472 g/mol. The highest BCUT2D eigenvalue weighted by Gasteiger charge is 2.13. The van der Waals surface area contributed by atoms with Crippen molar-refractivity contribution in [1.29, 1.82) is 0 Å². The Kier molecular flexibility index (Phi) is 7.17. The van der Waals surface area contributed by atoms with E-state index in [0.717, 1.165) is 5.56 Å². The zero-order valence-electron chi connectivity index (χ0n) is 18.8. The highest BCUT2D eigenvalue weighted by atomic mass is 35.5. The van der Waals surface area contributed by atoms with Crippen LogP contribution in [0.2, 0.25) is 5.02 Å². The molecule has 0 unspecified atom stereocenters. The predicted molar refractivity (Wildman–Crippen MR) is 135 cm³/mol. The standard InChI is InChI=1S/C23H21ClN8O3/c1-31(2)23-28-21(25-13-15-6-4-3-5-7-15)27-22(29-23)30-26-14-17-9-11-20(35-17)18-10-8-16(32(33)34)12-19(18)24/h3-12,14H,13H2,1-2H3,(H2,25,27,28,29,30)/b26-14-. The molecule has 0 atom stereocenters. The summed E-state index contributed by atoms with van der Waals surface area (Å²) in [4.78, 5) is 25.3. The molecular formula is C23H21ClN8O3. The third kappa shape index (κ3) is 6.09. The number of anilines is 3. The second-order valence-corrected chi connectivity index (χ2v) is 7.92. The molecule has 0 saturated heterocycles. The summed E-state index contributed by atoms with van der Waals surface area (Å²) in [7, 11) is 3.66. The zero-order chi connectivity index (χ0) is 24.8. The fourth-order valence-electron chi connectivity index (χ4n) is 3.01. The number of hydrogen-bond donors (Lipinski definition) is 2. The van der Waals surface area contributed by atoms with Crippen molar-refractivity contribution in [2.75, 3.05) is 29.7 Å². The minimum absolute atomic E-state index is 0.0941. The number of rotatable bonds is 9. The number of benzene rings is 2. The largest absolute Gasteiger partial charge is 0.455 e. The number of nitrogens with one attached hydrogen (secondary N) is 2. The fourth-order valence-corrected chi connectivity index (χ4v) is 3.28. The summed E-state index contributed by atoms with van der Waals surface area (Å²) in [6.45, 7) is 0.556. The van der Waals surface area contributed by atoms with Crippen molar-refractivity contribution in [3.63, 3.8) is 0 Å². The van der Waals surface area contributed by atoms with Gasteiger partial charge in [-0.1, -0.05) is 41.9 Å². The molecule has 2 aromatic carbocycles. The van der Waals surface area contributed by atoms with Crippen LogP contribution in [0.25, 0.3) is 11.3 Å². The number of furan rings is 1. The number of nitrogens with zero attached hydrogens (tertiary/aromatic N) is 6. The number of nitro benzene ring substituents is 1. The molecule has 2 heterocycles. The van der Waals surface area contributed by atoms with E-state index in [1.165, 1.54) is 24.4 Å². The Hall–Kier alpha value is -4.51. The second kappa shape index (κ2) is 10.6. The summed E-state index contributed by atoms with van der Waals surface area (Å²) in [6, 6.07) is 17.5. The normalized spacial score (nSPS) is 10.9. The molecule has 0 aliphatic carbocycles. The average molecular weight is 493 g/mol. The summed E-state index contributed by atoms with van der Waals surface area (Å²) < 4.78 is 5.74. The fraction of sp³-hybridized carbons (Fsp3) is 0.130. The third-order valence-corrected chi connectivity index (χ3v) is 5.04. The van der Waals surface area contributed by atoms with E-state index in [4.69, 9.17) is 16.0 Å². The Morgan fingerprint density at radius 2 is 1.86 bits per heavy atom. The Morgan fingerprint density at radius 3 is 2.57 bits per heavy atom. The third-order valence-electron chi connectivity index (χ3n) is 4.73. The molecule has 4 aromatic rings. The molecule has 0 aliphatic rings. The van der Waals surface area contributed by atoms with Gasteiger partial charge in [0.15, 0.2) is 0 Å². The lowest BCUT2D eigenvalue weighted by atomic mass is 10.1. The molecule has 0 spiro atoms. The summed E-state index contributed by atoms with van der Waals surface area (Å²) in [5.74, 6) is 2.00. The predicted octanol–water partition coefficient (Wildman–Crippen LogP) is 4.82. The van der Waals surface area contributed by atoms with Gasteiger partial charge in [-0.3, -0.25) is 10.1 Å². The first-order valence-electron chi connectivity index (χ1n) is 10.4.